The second-order valence-corrected chi connectivity index (χ2v) is 7.10. The molecule has 108 valence electrons. The largest absolute Gasteiger partial charge is 0.330 e. The molecule has 1 fully saturated rings. The molecule has 2 unspecified atom stereocenters. The van der Waals surface area contributed by atoms with Crippen molar-refractivity contribution in [1.29, 1.82) is 0 Å². The molecule has 1 aliphatic heterocycles. The first-order valence-electron chi connectivity index (χ1n) is 7.52. The number of likely N-dealkylation sites (N-methyl/N-ethyl adjacent to an activating group) is 1. The van der Waals surface area contributed by atoms with Gasteiger partial charge in [-0.15, -0.1) is 0 Å². The van der Waals surface area contributed by atoms with Gasteiger partial charge in [0.05, 0.1) is 0 Å². The smallest absolute Gasteiger partial charge is 0.0195 e. The van der Waals surface area contributed by atoms with Crippen LogP contribution in [-0.4, -0.2) is 55.1 Å². The molecule has 0 bridgehead atoms. The Hall–Kier alpha value is -0.120. The van der Waals surface area contributed by atoms with Crippen molar-refractivity contribution in [3.8, 4) is 0 Å². The molecule has 3 nitrogen and oxygen atoms in total. The Balaban J connectivity index is 2.42. The molecule has 0 spiro atoms. The Kier molecular flexibility index (Phi) is 6.09. The van der Waals surface area contributed by atoms with Crippen molar-refractivity contribution in [3.63, 3.8) is 0 Å². The lowest BCUT2D eigenvalue weighted by atomic mass is 9.84. The standard InChI is InChI=1S/C15H33N3/c1-6-18-8-7-17(11-13(18)2)12-14(10-16)9-15(3,4)5/h13-14H,6-12,16H2,1-5H3. The molecule has 1 heterocycles. The molecule has 18 heavy (non-hydrogen) atoms. The van der Waals surface area contributed by atoms with Crippen LogP contribution in [0.15, 0.2) is 0 Å². The number of nitrogens with two attached hydrogens (primary N) is 1. The van der Waals surface area contributed by atoms with Crippen LogP contribution in [0.25, 0.3) is 0 Å². The maximum absolute atomic E-state index is 5.95. The maximum atomic E-state index is 5.95. The van der Waals surface area contributed by atoms with Gasteiger partial charge in [0.25, 0.3) is 0 Å². The zero-order chi connectivity index (χ0) is 13.8. The summed E-state index contributed by atoms with van der Waals surface area (Å²) in [5.74, 6) is 0.644. The molecule has 2 atom stereocenters. The van der Waals surface area contributed by atoms with E-state index in [-0.39, 0.29) is 0 Å². The van der Waals surface area contributed by atoms with Crippen molar-refractivity contribution < 1.29 is 0 Å². The highest BCUT2D eigenvalue weighted by Crippen LogP contribution is 2.25. The molecular formula is C15H33N3. The number of hydrogen-bond donors (Lipinski definition) is 1. The van der Waals surface area contributed by atoms with Crippen LogP contribution in [0.1, 0.15) is 41.0 Å². The monoisotopic (exact) mass is 255 g/mol. The van der Waals surface area contributed by atoms with Gasteiger partial charge in [0, 0.05) is 32.2 Å². The first kappa shape index (κ1) is 15.9. The molecule has 0 aromatic heterocycles. The molecule has 1 rings (SSSR count). The molecule has 0 aliphatic carbocycles. The lowest BCUT2D eigenvalue weighted by Gasteiger charge is -2.41. The van der Waals surface area contributed by atoms with Crippen molar-refractivity contribution in [2.75, 3.05) is 39.3 Å². The lowest BCUT2D eigenvalue weighted by molar-refractivity contribution is 0.0724. The summed E-state index contributed by atoms with van der Waals surface area (Å²) < 4.78 is 0. The molecule has 0 amide bonds. The van der Waals surface area contributed by atoms with Gasteiger partial charge in [0.15, 0.2) is 0 Å². The van der Waals surface area contributed by atoms with Crippen LogP contribution in [0.3, 0.4) is 0 Å². The molecule has 0 saturated carbocycles. The summed E-state index contributed by atoms with van der Waals surface area (Å²) in [4.78, 5) is 5.18. The van der Waals surface area contributed by atoms with Crippen LogP contribution in [0.2, 0.25) is 0 Å². The van der Waals surface area contributed by atoms with Crippen molar-refractivity contribution in [3.05, 3.63) is 0 Å². The fraction of sp³-hybridized carbons (Fsp3) is 1.00. The minimum Gasteiger partial charge on any atom is -0.330 e. The van der Waals surface area contributed by atoms with Crippen LogP contribution in [0.4, 0.5) is 0 Å². The summed E-state index contributed by atoms with van der Waals surface area (Å²) in [5, 5.41) is 0. The van der Waals surface area contributed by atoms with Gasteiger partial charge in [0.2, 0.25) is 0 Å². The first-order chi connectivity index (χ1) is 8.35. The van der Waals surface area contributed by atoms with E-state index in [1.807, 2.05) is 0 Å². The quantitative estimate of drug-likeness (QED) is 0.816. The fourth-order valence-corrected chi connectivity index (χ4v) is 3.16. The van der Waals surface area contributed by atoms with Gasteiger partial charge in [-0.1, -0.05) is 27.7 Å². The second-order valence-electron chi connectivity index (χ2n) is 7.10. The van der Waals surface area contributed by atoms with Crippen LogP contribution >= 0.6 is 0 Å². The Morgan fingerprint density at radius 1 is 1.28 bits per heavy atom. The molecule has 2 N–H and O–H groups in total. The molecule has 1 saturated heterocycles. The summed E-state index contributed by atoms with van der Waals surface area (Å²) in [7, 11) is 0. The third-order valence-electron chi connectivity index (χ3n) is 4.01. The van der Waals surface area contributed by atoms with Crippen molar-refractivity contribution >= 4 is 0 Å². The van der Waals surface area contributed by atoms with E-state index in [0.29, 0.717) is 17.4 Å². The van der Waals surface area contributed by atoms with Crippen molar-refractivity contribution in [2.45, 2.75) is 47.1 Å². The van der Waals surface area contributed by atoms with Crippen LogP contribution in [-0.2, 0) is 0 Å². The van der Waals surface area contributed by atoms with E-state index in [4.69, 9.17) is 5.73 Å². The van der Waals surface area contributed by atoms with E-state index in [1.165, 1.54) is 39.1 Å². The highest BCUT2D eigenvalue weighted by molar-refractivity contribution is 4.81. The minimum atomic E-state index is 0.390. The second kappa shape index (κ2) is 6.88. The summed E-state index contributed by atoms with van der Waals surface area (Å²) >= 11 is 0. The summed E-state index contributed by atoms with van der Waals surface area (Å²) in [6, 6.07) is 0.691. The van der Waals surface area contributed by atoms with E-state index >= 15 is 0 Å². The Morgan fingerprint density at radius 2 is 1.94 bits per heavy atom. The topological polar surface area (TPSA) is 32.5 Å². The summed E-state index contributed by atoms with van der Waals surface area (Å²) in [6.45, 7) is 18.3. The number of piperazine rings is 1. The predicted molar refractivity (Wildman–Crippen MR) is 79.8 cm³/mol. The first-order valence-corrected chi connectivity index (χ1v) is 7.52. The van der Waals surface area contributed by atoms with Crippen molar-refractivity contribution in [1.82, 2.24) is 9.80 Å². The van der Waals surface area contributed by atoms with Gasteiger partial charge in [-0.2, -0.15) is 0 Å². The van der Waals surface area contributed by atoms with Gasteiger partial charge in [0.1, 0.15) is 0 Å². The summed E-state index contributed by atoms with van der Waals surface area (Å²) in [6.07, 6.45) is 1.23. The Bertz CT molecular complexity index is 234. The predicted octanol–water partition coefficient (Wildman–Crippen LogP) is 2.02. The number of nitrogens with zero attached hydrogens (tertiary/aromatic N) is 2. The van der Waals surface area contributed by atoms with Crippen molar-refractivity contribution in [2.24, 2.45) is 17.1 Å². The van der Waals surface area contributed by atoms with E-state index < -0.39 is 0 Å². The highest BCUT2D eigenvalue weighted by Gasteiger charge is 2.25. The average Bonchev–Trinajstić information content (AvgIpc) is 2.26. The third-order valence-corrected chi connectivity index (χ3v) is 4.01. The third kappa shape index (κ3) is 5.25. The van der Waals surface area contributed by atoms with Gasteiger partial charge >= 0.3 is 0 Å². The lowest BCUT2D eigenvalue weighted by Crippen LogP contribution is -2.53. The maximum Gasteiger partial charge on any atom is 0.0195 e. The number of hydrogen-bond acceptors (Lipinski definition) is 3. The van der Waals surface area contributed by atoms with E-state index in [9.17, 15) is 0 Å². The van der Waals surface area contributed by atoms with Crippen LogP contribution in [0.5, 0.6) is 0 Å². The summed E-state index contributed by atoms with van der Waals surface area (Å²) in [5.41, 5.74) is 6.34. The molecule has 0 radical (unpaired) electrons. The average molecular weight is 255 g/mol. The van der Waals surface area contributed by atoms with E-state index in [0.717, 1.165) is 6.54 Å². The van der Waals surface area contributed by atoms with Crippen LogP contribution < -0.4 is 5.73 Å². The van der Waals surface area contributed by atoms with Gasteiger partial charge < -0.3 is 10.6 Å². The zero-order valence-electron chi connectivity index (χ0n) is 13.1. The van der Waals surface area contributed by atoms with E-state index in [2.05, 4.69) is 44.4 Å². The minimum absolute atomic E-state index is 0.390. The fourth-order valence-electron chi connectivity index (χ4n) is 3.16. The molecule has 1 aliphatic rings. The zero-order valence-corrected chi connectivity index (χ0v) is 13.1. The Morgan fingerprint density at radius 3 is 2.39 bits per heavy atom. The number of rotatable bonds is 5. The Labute approximate surface area is 114 Å². The van der Waals surface area contributed by atoms with Gasteiger partial charge in [-0.05, 0) is 37.8 Å². The van der Waals surface area contributed by atoms with E-state index in [1.54, 1.807) is 0 Å². The molecular weight excluding hydrogens is 222 g/mol. The van der Waals surface area contributed by atoms with Crippen LogP contribution in [0, 0.1) is 11.3 Å². The molecule has 3 heteroatoms. The molecule has 0 aromatic carbocycles. The van der Waals surface area contributed by atoms with Gasteiger partial charge in [-0.3, -0.25) is 4.90 Å². The SMILES string of the molecule is CCN1CCN(CC(CN)CC(C)(C)C)CC1C. The normalized spacial score (nSPS) is 25.3. The highest BCUT2D eigenvalue weighted by atomic mass is 15.3. The van der Waals surface area contributed by atoms with Gasteiger partial charge in [-0.25, -0.2) is 0 Å². The molecule has 0 aromatic rings.